The SMILES string of the molecule is O=S(=O)(CCNC1CC1)Nc1ccc(Cl)cc1. The molecule has 1 aliphatic carbocycles. The van der Waals surface area contributed by atoms with Gasteiger partial charge in [0.15, 0.2) is 0 Å². The summed E-state index contributed by atoms with van der Waals surface area (Å²) in [6, 6.07) is 7.13. The number of rotatable bonds is 6. The molecule has 1 saturated carbocycles. The van der Waals surface area contributed by atoms with Crippen molar-refractivity contribution >= 4 is 27.3 Å². The van der Waals surface area contributed by atoms with Gasteiger partial charge in [-0.1, -0.05) is 11.6 Å². The molecule has 0 spiro atoms. The van der Waals surface area contributed by atoms with Crippen LogP contribution in [-0.4, -0.2) is 26.8 Å². The van der Waals surface area contributed by atoms with Gasteiger partial charge in [0.05, 0.1) is 5.75 Å². The van der Waals surface area contributed by atoms with Crippen LogP contribution in [0.2, 0.25) is 5.02 Å². The second kappa shape index (κ2) is 5.25. The number of halogens is 1. The first-order valence-corrected chi connectivity index (χ1v) is 7.58. The third-order valence-electron chi connectivity index (χ3n) is 2.50. The average Bonchev–Trinajstić information content (AvgIpc) is 3.05. The van der Waals surface area contributed by atoms with Crippen LogP contribution in [0.5, 0.6) is 0 Å². The first-order chi connectivity index (χ1) is 8.05. The summed E-state index contributed by atoms with van der Waals surface area (Å²) in [6.45, 7) is 0.494. The van der Waals surface area contributed by atoms with E-state index in [2.05, 4.69) is 10.0 Å². The predicted molar refractivity (Wildman–Crippen MR) is 69.9 cm³/mol. The van der Waals surface area contributed by atoms with Gasteiger partial charge in [-0.2, -0.15) is 0 Å². The molecule has 1 aromatic carbocycles. The number of sulfonamides is 1. The van der Waals surface area contributed by atoms with Crippen LogP contribution in [0.3, 0.4) is 0 Å². The zero-order valence-corrected chi connectivity index (χ0v) is 10.9. The summed E-state index contributed by atoms with van der Waals surface area (Å²) in [5.41, 5.74) is 0.542. The van der Waals surface area contributed by atoms with Crippen molar-refractivity contribution in [1.82, 2.24) is 5.32 Å². The van der Waals surface area contributed by atoms with Gasteiger partial charge in [0.1, 0.15) is 0 Å². The summed E-state index contributed by atoms with van der Waals surface area (Å²) in [5, 5.41) is 3.75. The molecule has 0 aromatic heterocycles. The Morgan fingerprint density at radius 2 is 1.88 bits per heavy atom. The fourth-order valence-corrected chi connectivity index (χ4v) is 2.54. The zero-order chi connectivity index (χ0) is 12.3. The Morgan fingerprint density at radius 3 is 2.47 bits per heavy atom. The van der Waals surface area contributed by atoms with Gasteiger partial charge >= 0.3 is 0 Å². The maximum absolute atomic E-state index is 11.7. The van der Waals surface area contributed by atoms with E-state index in [1.807, 2.05) is 0 Å². The first kappa shape index (κ1) is 12.7. The van der Waals surface area contributed by atoms with E-state index in [9.17, 15) is 8.42 Å². The minimum Gasteiger partial charge on any atom is -0.313 e. The molecule has 0 aliphatic heterocycles. The van der Waals surface area contributed by atoms with Gasteiger partial charge in [-0.3, -0.25) is 4.72 Å². The Labute approximate surface area is 106 Å². The van der Waals surface area contributed by atoms with Crippen LogP contribution in [0.1, 0.15) is 12.8 Å². The number of hydrogen-bond acceptors (Lipinski definition) is 3. The van der Waals surface area contributed by atoms with Crippen molar-refractivity contribution in [2.45, 2.75) is 18.9 Å². The van der Waals surface area contributed by atoms with Crippen molar-refractivity contribution in [3.05, 3.63) is 29.3 Å². The van der Waals surface area contributed by atoms with Crippen molar-refractivity contribution in [3.8, 4) is 0 Å². The average molecular weight is 275 g/mol. The number of hydrogen-bond donors (Lipinski definition) is 2. The molecule has 0 atom stereocenters. The molecule has 4 nitrogen and oxygen atoms in total. The van der Waals surface area contributed by atoms with E-state index in [-0.39, 0.29) is 5.75 Å². The summed E-state index contributed by atoms with van der Waals surface area (Å²) in [6.07, 6.45) is 2.31. The molecule has 0 heterocycles. The second-order valence-electron chi connectivity index (χ2n) is 4.16. The van der Waals surface area contributed by atoms with Crippen molar-refractivity contribution in [3.63, 3.8) is 0 Å². The van der Waals surface area contributed by atoms with Gasteiger partial charge in [0.25, 0.3) is 0 Å². The van der Waals surface area contributed by atoms with E-state index >= 15 is 0 Å². The van der Waals surface area contributed by atoms with Crippen LogP contribution in [-0.2, 0) is 10.0 Å². The normalized spacial score (nSPS) is 15.8. The van der Waals surface area contributed by atoms with E-state index in [1.165, 1.54) is 0 Å². The lowest BCUT2D eigenvalue weighted by atomic mass is 10.3. The molecule has 94 valence electrons. The smallest absolute Gasteiger partial charge is 0.233 e. The van der Waals surface area contributed by atoms with Crippen LogP contribution in [0.15, 0.2) is 24.3 Å². The lowest BCUT2D eigenvalue weighted by Crippen LogP contribution is -2.27. The maximum Gasteiger partial charge on any atom is 0.233 e. The lowest BCUT2D eigenvalue weighted by Gasteiger charge is -2.08. The summed E-state index contributed by atoms with van der Waals surface area (Å²) in [7, 11) is -3.27. The molecular formula is C11H15ClN2O2S. The minimum atomic E-state index is -3.27. The minimum absolute atomic E-state index is 0.0894. The zero-order valence-electron chi connectivity index (χ0n) is 9.32. The summed E-state index contributed by atoms with van der Waals surface area (Å²) in [5.74, 6) is 0.0894. The van der Waals surface area contributed by atoms with E-state index < -0.39 is 10.0 Å². The highest BCUT2D eigenvalue weighted by molar-refractivity contribution is 7.92. The molecule has 0 bridgehead atoms. The molecule has 1 aromatic rings. The lowest BCUT2D eigenvalue weighted by molar-refractivity contribution is 0.595. The van der Waals surface area contributed by atoms with Crippen molar-refractivity contribution < 1.29 is 8.42 Å². The Hall–Kier alpha value is -0.780. The number of anilines is 1. The van der Waals surface area contributed by atoms with Gasteiger partial charge in [-0.25, -0.2) is 8.42 Å². The van der Waals surface area contributed by atoms with E-state index in [0.717, 1.165) is 12.8 Å². The highest BCUT2D eigenvalue weighted by atomic mass is 35.5. The maximum atomic E-state index is 11.7. The van der Waals surface area contributed by atoms with E-state index in [4.69, 9.17) is 11.6 Å². The van der Waals surface area contributed by atoms with Gasteiger partial charge < -0.3 is 5.32 Å². The van der Waals surface area contributed by atoms with Crippen molar-refractivity contribution in [2.24, 2.45) is 0 Å². The second-order valence-corrected chi connectivity index (χ2v) is 6.43. The monoisotopic (exact) mass is 274 g/mol. The van der Waals surface area contributed by atoms with E-state index in [0.29, 0.717) is 23.3 Å². The fourth-order valence-electron chi connectivity index (χ4n) is 1.43. The predicted octanol–water partition coefficient (Wildman–Crippen LogP) is 1.83. The van der Waals surface area contributed by atoms with E-state index in [1.54, 1.807) is 24.3 Å². The largest absolute Gasteiger partial charge is 0.313 e. The molecule has 2 N–H and O–H groups in total. The third-order valence-corrected chi connectivity index (χ3v) is 4.04. The summed E-state index contributed by atoms with van der Waals surface area (Å²) in [4.78, 5) is 0. The molecule has 0 radical (unpaired) electrons. The first-order valence-electron chi connectivity index (χ1n) is 5.55. The van der Waals surface area contributed by atoms with Crippen LogP contribution < -0.4 is 10.0 Å². The Morgan fingerprint density at radius 1 is 1.24 bits per heavy atom. The molecule has 0 unspecified atom stereocenters. The number of nitrogens with one attached hydrogen (secondary N) is 2. The standard InChI is InChI=1S/C11H15ClN2O2S/c12-9-1-3-11(4-2-9)14-17(15,16)8-7-13-10-5-6-10/h1-4,10,13-14H,5-8H2. The molecular weight excluding hydrogens is 260 g/mol. The molecule has 1 aliphatic rings. The molecule has 0 amide bonds. The molecule has 1 fully saturated rings. The third kappa shape index (κ3) is 4.53. The fraction of sp³-hybridized carbons (Fsp3) is 0.455. The summed E-state index contributed by atoms with van der Waals surface area (Å²) >= 11 is 5.72. The van der Waals surface area contributed by atoms with Crippen LogP contribution in [0.25, 0.3) is 0 Å². The van der Waals surface area contributed by atoms with Crippen molar-refractivity contribution in [2.75, 3.05) is 17.0 Å². The Bertz CT molecular complexity index is 469. The quantitative estimate of drug-likeness (QED) is 0.832. The Kier molecular flexibility index (Phi) is 3.91. The van der Waals surface area contributed by atoms with Crippen LogP contribution in [0, 0.1) is 0 Å². The number of benzene rings is 1. The van der Waals surface area contributed by atoms with Gasteiger partial charge in [0, 0.05) is 23.3 Å². The Balaban J connectivity index is 1.84. The van der Waals surface area contributed by atoms with Gasteiger partial charge in [0.2, 0.25) is 10.0 Å². The highest BCUT2D eigenvalue weighted by Crippen LogP contribution is 2.18. The van der Waals surface area contributed by atoms with Gasteiger partial charge in [-0.05, 0) is 37.1 Å². The van der Waals surface area contributed by atoms with Crippen molar-refractivity contribution in [1.29, 1.82) is 0 Å². The van der Waals surface area contributed by atoms with Crippen LogP contribution in [0.4, 0.5) is 5.69 Å². The molecule has 0 saturated heterocycles. The molecule has 2 rings (SSSR count). The summed E-state index contributed by atoms with van der Waals surface area (Å²) < 4.78 is 25.9. The molecule has 17 heavy (non-hydrogen) atoms. The van der Waals surface area contributed by atoms with Crippen LogP contribution >= 0.6 is 11.6 Å². The molecule has 6 heteroatoms. The van der Waals surface area contributed by atoms with Gasteiger partial charge in [-0.15, -0.1) is 0 Å². The highest BCUT2D eigenvalue weighted by Gasteiger charge is 2.21. The topological polar surface area (TPSA) is 58.2 Å².